The van der Waals surface area contributed by atoms with Gasteiger partial charge in [0.15, 0.2) is 0 Å². The summed E-state index contributed by atoms with van der Waals surface area (Å²) in [4.78, 5) is 24.9. The first kappa shape index (κ1) is 22.5. The lowest BCUT2D eigenvalue weighted by Gasteiger charge is -2.27. The van der Waals surface area contributed by atoms with Crippen molar-refractivity contribution in [2.75, 3.05) is 19.7 Å². The molecule has 162 valence electrons. The Morgan fingerprint density at radius 3 is 2.70 bits per heavy atom. The van der Waals surface area contributed by atoms with Crippen molar-refractivity contribution in [2.45, 2.75) is 37.8 Å². The second kappa shape index (κ2) is 9.32. The molecule has 1 aliphatic heterocycles. The van der Waals surface area contributed by atoms with Gasteiger partial charge in [0.25, 0.3) is 5.56 Å². The van der Waals surface area contributed by atoms with Gasteiger partial charge in [-0.1, -0.05) is 29.8 Å². The van der Waals surface area contributed by atoms with E-state index in [1.165, 1.54) is 22.6 Å². The standard InChI is InChI=1S/C20H24BrN3O5S/c1-3-24(4-2)30(27,28)15-6-8-20(26)23(12-15)13-19(25)22-17-9-10-29-18-7-5-14(21)11-16(17)18/h5-8,11-12,17H,3-4,9-10,13H2,1-2H3,(H,22,25). The second-order valence-electron chi connectivity index (χ2n) is 6.86. The number of benzene rings is 1. The predicted molar refractivity (Wildman–Crippen MR) is 116 cm³/mol. The zero-order valence-electron chi connectivity index (χ0n) is 16.8. The van der Waals surface area contributed by atoms with Crippen LogP contribution in [0.3, 0.4) is 0 Å². The highest BCUT2D eigenvalue weighted by molar-refractivity contribution is 9.10. The first-order valence-corrected chi connectivity index (χ1v) is 11.9. The molecule has 0 saturated heterocycles. The maximum Gasteiger partial charge on any atom is 0.251 e. The molecule has 0 fully saturated rings. The van der Waals surface area contributed by atoms with Crippen molar-refractivity contribution in [2.24, 2.45) is 0 Å². The molecule has 3 rings (SSSR count). The van der Waals surface area contributed by atoms with Gasteiger partial charge in [-0.2, -0.15) is 4.31 Å². The highest BCUT2D eigenvalue weighted by Crippen LogP contribution is 2.34. The minimum atomic E-state index is -3.73. The van der Waals surface area contributed by atoms with Crippen molar-refractivity contribution in [1.29, 1.82) is 0 Å². The number of fused-ring (bicyclic) bond motifs is 1. The highest BCUT2D eigenvalue weighted by Gasteiger charge is 2.25. The van der Waals surface area contributed by atoms with Crippen LogP contribution in [0.1, 0.15) is 31.9 Å². The van der Waals surface area contributed by atoms with Crippen LogP contribution < -0.4 is 15.6 Å². The van der Waals surface area contributed by atoms with Crippen LogP contribution in [-0.2, 0) is 21.4 Å². The zero-order chi connectivity index (χ0) is 21.9. The van der Waals surface area contributed by atoms with Gasteiger partial charge in [0.1, 0.15) is 12.3 Å². The van der Waals surface area contributed by atoms with Gasteiger partial charge in [-0.25, -0.2) is 8.42 Å². The Morgan fingerprint density at radius 2 is 2.00 bits per heavy atom. The Kier molecular flexibility index (Phi) is 6.99. The largest absolute Gasteiger partial charge is 0.493 e. The number of rotatable bonds is 7. The average Bonchev–Trinajstić information content (AvgIpc) is 2.70. The SMILES string of the molecule is CCN(CC)S(=O)(=O)c1ccc(=O)n(CC(=O)NC2CCOc3ccc(Br)cc32)c1. The predicted octanol–water partition coefficient (Wildman–Crippen LogP) is 2.28. The molecule has 1 aromatic carbocycles. The number of pyridine rings is 1. The molecule has 1 aliphatic rings. The van der Waals surface area contributed by atoms with E-state index in [2.05, 4.69) is 21.2 Å². The molecule has 0 bridgehead atoms. The summed E-state index contributed by atoms with van der Waals surface area (Å²) in [5.74, 6) is 0.326. The van der Waals surface area contributed by atoms with Gasteiger partial charge < -0.3 is 14.6 Å². The van der Waals surface area contributed by atoms with Crippen LogP contribution in [0.15, 0.2) is 50.7 Å². The molecule has 0 aliphatic carbocycles. The summed E-state index contributed by atoms with van der Waals surface area (Å²) in [7, 11) is -3.73. The molecule has 1 N–H and O–H groups in total. The van der Waals surface area contributed by atoms with Crippen LogP contribution in [0.2, 0.25) is 0 Å². The molecule has 1 amide bonds. The number of carbonyl (C=O) groups excluding carboxylic acids is 1. The Labute approximate surface area is 184 Å². The molecule has 1 atom stereocenters. The number of aromatic nitrogens is 1. The maximum absolute atomic E-state index is 12.7. The lowest BCUT2D eigenvalue weighted by Crippen LogP contribution is -2.37. The van der Waals surface area contributed by atoms with Crippen LogP contribution in [-0.4, -0.2) is 42.9 Å². The van der Waals surface area contributed by atoms with Crippen molar-refractivity contribution >= 4 is 31.9 Å². The van der Waals surface area contributed by atoms with Crippen molar-refractivity contribution in [1.82, 2.24) is 14.2 Å². The summed E-state index contributed by atoms with van der Waals surface area (Å²) >= 11 is 3.42. The molecule has 0 radical (unpaired) electrons. The van der Waals surface area contributed by atoms with Crippen LogP contribution in [0.5, 0.6) is 5.75 Å². The summed E-state index contributed by atoms with van der Waals surface area (Å²) in [5, 5.41) is 2.92. The Bertz CT molecular complexity index is 1100. The molecule has 2 heterocycles. The van der Waals surface area contributed by atoms with Crippen LogP contribution in [0.25, 0.3) is 0 Å². The third-order valence-corrected chi connectivity index (χ3v) is 7.49. The minimum absolute atomic E-state index is 0.0149. The van der Waals surface area contributed by atoms with E-state index in [-0.39, 0.29) is 23.4 Å². The number of hydrogen-bond acceptors (Lipinski definition) is 5. The van der Waals surface area contributed by atoms with E-state index < -0.39 is 15.6 Å². The molecule has 0 spiro atoms. The average molecular weight is 498 g/mol. The highest BCUT2D eigenvalue weighted by atomic mass is 79.9. The molecule has 8 nitrogen and oxygen atoms in total. The van der Waals surface area contributed by atoms with E-state index in [1.807, 2.05) is 18.2 Å². The quantitative estimate of drug-likeness (QED) is 0.632. The van der Waals surface area contributed by atoms with E-state index in [0.29, 0.717) is 31.9 Å². The summed E-state index contributed by atoms with van der Waals surface area (Å²) in [6.07, 6.45) is 1.82. The van der Waals surface area contributed by atoms with Gasteiger partial charge in [0.2, 0.25) is 15.9 Å². The molecule has 30 heavy (non-hydrogen) atoms. The Morgan fingerprint density at radius 1 is 1.27 bits per heavy atom. The lowest BCUT2D eigenvalue weighted by atomic mass is 10.0. The third-order valence-electron chi connectivity index (χ3n) is 4.96. The summed E-state index contributed by atoms with van der Waals surface area (Å²) in [5.41, 5.74) is 0.410. The number of hydrogen-bond donors (Lipinski definition) is 1. The number of nitrogens with one attached hydrogen (secondary N) is 1. The number of amides is 1. The van der Waals surface area contributed by atoms with Gasteiger partial charge in [-0.3, -0.25) is 9.59 Å². The first-order chi connectivity index (χ1) is 14.3. The zero-order valence-corrected chi connectivity index (χ0v) is 19.2. The number of carbonyl (C=O) groups is 1. The summed E-state index contributed by atoms with van der Waals surface area (Å²) < 4.78 is 34.4. The van der Waals surface area contributed by atoms with Crippen LogP contribution in [0.4, 0.5) is 0 Å². The number of halogens is 1. The van der Waals surface area contributed by atoms with Gasteiger partial charge in [0.05, 0.1) is 17.5 Å². The van der Waals surface area contributed by atoms with Gasteiger partial charge in [-0.15, -0.1) is 0 Å². The lowest BCUT2D eigenvalue weighted by molar-refractivity contribution is -0.122. The maximum atomic E-state index is 12.7. The fourth-order valence-corrected chi connectivity index (χ4v) is 5.27. The Hall–Kier alpha value is -2.17. The summed E-state index contributed by atoms with van der Waals surface area (Å²) in [6, 6.07) is 7.79. The van der Waals surface area contributed by atoms with E-state index in [1.54, 1.807) is 13.8 Å². The number of nitrogens with zero attached hydrogens (tertiary/aromatic N) is 2. The molecule has 2 aromatic rings. The van der Waals surface area contributed by atoms with Crippen molar-refractivity contribution < 1.29 is 17.9 Å². The van der Waals surface area contributed by atoms with Crippen molar-refractivity contribution in [3.05, 3.63) is 56.9 Å². The van der Waals surface area contributed by atoms with E-state index in [4.69, 9.17) is 4.74 Å². The van der Waals surface area contributed by atoms with E-state index in [9.17, 15) is 18.0 Å². The molecular formula is C20H24BrN3O5S. The normalized spacial score (nSPS) is 16.1. The van der Waals surface area contributed by atoms with Crippen LogP contribution >= 0.6 is 15.9 Å². The second-order valence-corrected chi connectivity index (χ2v) is 9.71. The molecule has 0 saturated carbocycles. The number of ether oxygens (including phenoxy) is 1. The topological polar surface area (TPSA) is 97.7 Å². The fourth-order valence-electron chi connectivity index (χ4n) is 3.41. The summed E-state index contributed by atoms with van der Waals surface area (Å²) in [6.45, 7) is 4.32. The van der Waals surface area contributed by atoms with Gasteiger partial charge in [0, 0.05) is 41.8 Å². The van der Waals surface area contributed by atoms with Crippen molar-refractivity contribution in [3.63, 3.8) is 0 Å². The van der Waals surface area contributed by atoms with E-state index in [0.717, 1.165) is 14.6 Å². The molecule has 1 unspecified atom stereocenters. The smallest absolute Gasteiger partial charge is 0.251 e. The van der Waals surface area contributed by atoms with Crippen LogP contribution in [0, 0.1) is 0 Å². The Balaban J connectivity index is 1.80. The molecule has 10 heteroatoms. The number of sulfonamides is 1. The fraction of sp³-hybridized carbons (Fsp3) is 0.400. The van der Waals surface area contributed by atoms with Crippen molar-refractivity contribution in [3.8, 4) is 5.75 Å². The third kappa shape index (κ3) is 4.76. The first-order valence-electron chi connectivity index (χ1n) is 9.68. The van der Waals surface area contributed by atoms with E-state index >= 15 is 0 Å². The molecular weight excluding hydrogens is 474 g/mol. The van der Waals surface area contributed by atoms with Gasteiger partial charge in [-0.05, 0) is 24.3 Å². The monoisotopic (exact) mass is 497 g/mol. The van der Waals surface area contributed by atoms with Gasteiger partial charge >= 0.3 is 0 Å². The molecule has 1 aromatic heterocycles. The minimum Gasteiger partial charge on any atom is -0.493 e.